The van der Waals surface area contributed by atoms with E-state index in [4.69, 9.17) is 0 Å². The molecular weight excluding hydrogens is 236 g/mol. The van der Waals surface area contributed by atoms with Crippen LogP contribution in [-0.2, 0) is 0 Å². The van der Waals surface area contributed by atoms with Gasteiger partial charge in [-0.2, -0.15) is 0 Å². The van der Waals surface area contributed by atoms with Gasteiger partial charge in [-0.1, -0.05) is 17.2 Å². The van der Waals surface area contributed by atoms with Gasteiger partial charge in [0.1, 0.15) is 0 Å². The molecule has 1 heterocycles. The maximum Gasteiger partial charge on any atom is 0.251 e. The Balaban J connectivity index is 1.99. The molecule has 1 aliphatic rings. The summed E-state index contributed by atoms with van der Waals surface area (Å²) in [5, 5.41) is 6.54. The Morgan fingerprint density at radius 3 is 2.58 bits per heavy atom. The van der Waals surface area contributed by atoms with Gasteiger partial charge in [0.25, 0.3) is 5.91 Å². The van der Waals surface area contributed by atoms with E-state index in [0.717, 1.165) is 29.8 Å². The summed E-state index contributed by atoms with van der Waals surface area (Å²) in [7, 11) is 0. The zero-order valence-corrected chi connectivity index (χ0v) is 12.1. The van der Waals surface area contributed by atoms with Crippen molar-refractivity contribution in [1.29, 1.82) is 0 Å². The van der Waals surface area contributed by atoms with E-state index in [0.29, 0.717) is 5.92 Å². The second kappa shape index (κ2) is 6.20. The number of carbonyl (C=O) groups is 1. The van der Waals surface area contributed by atoms with E-state index in [2.05, 4.69) is 23.6 Å². The second-order valence-corrected chi connectivity index (χ2v) is 5.74. The SMILES string of the molecule is Cc1cc(C)cc(C(=O)NC(C)C2CCCNC2)c1. The lowest BCUT2D eigenvalue weighted by atomic mass is 9.92. The fourth-order valence-electron chi connectivity index (χ4n) is 2.82. The van der Waals surface area contributed by atoms with Crippen molar-refractivity contribution in [2.75, 3.05) is 13.1 Å². The average Bonchev–Trinajstić information content (AvgIpc) is 2.38. The first-order valence-electron chi connectivity index (χ1n) is 7.16. The van der Waals surface area contributed by atoms with E-state index in [1.165, 1.54) is 12.8 Å². The van der Waals surface area contributed by atoms with Crippen LogP contribution >= 0.6 is 0 Å². The van der Waals surface area contributed by atoms with E-state index in [-0.39, 0.29) is 11.9 Å². The molecule has 104 valence electrons. The lowest BCUT2D eigenvalue weighted by molar-refractivity contribution is 0.0921. The predicted molar refractivity (Wildman–Crippen MR) is 78.4 cm³/mol. The van der Waals surface area contributed by atoms with Crippen molar-refractivity contribution in [3.63, 3.8) is 0 Å². The quantitative estimate of drug-likeness (QED) is 0.876. The van der Waals surface area contributed by atoms with Crippen LogP contribution in [0.3, 0.4) is 0 Å². The fraction of sp³-hybridized carbons (Fsp3) is 0.562. The number of carbonyl (C=O) groups excluding carboxylic acids is 1. The Morgan fingerprint density at radius 2 is 2.00 bits per heavy atom. The molecule has 1 fully saturated rings. The zero-order chi connectivity index (χ0) is 13.8. The van der Waals surface area contributed by atoms with Crippen molar-refractivity contribution >= 4 is 5.91 Å². The first-order valence-corrected chi connectivity index (χ1v) is 7.16. The van der Waals surface area contributed by atoms with Gasteiger partial charge in [-0.15, -0.1) is 0 Å². The minimum absolute atomic E-state index is 0.0462. The topological polar surface area (TPSA) is 41.1 Å². The molecule has 1 aliphatic heterocycles. The molecule has 1 aromatic carbocycles. The Morgan fingerprint density at radius 1 is 1.32 bits per heavy atom. The van der Waals surface area contributed by atoms with Gasteiger partial charge in [0.15, 0.2) is 0 Å². The summed E-state index contributed by atoms with van der Waals surface area (Å²) in [6.07, 6.45) is 2.40. The minimum atomic E-state index is 0.0462. The predicted octanol–water partition coefficient (Wildman–Crippen LogP) is 2.42. The van der Waals surface area contributed by atoms with Crippen molar-refractivity contribution in [1.82, 2.24) is 10.6 Å². The number of benzene rings is 1. The van der Waals surface area contributed by atoms with E-state index in [1.807, 2.05) is 26.0 Å². The Labute approximate surface area is 115 Å². The first-order chi connectivity index (χ1) is 9.06. The molecule has 1 aromatic rings. The molecule has 0 aliphatic carbocycles. The largest absolute Gasteiger partial charge is 0.349 e. The third kappa shape index (κ3) is 3.80. The highest BCUT2D eigenvalue weighted by atomic mass is 16.1. The molecule has 0 saturated carbocycles. The Kier molecular flexibility index (Phi) is 4.59. The lowest BCUT2D eigenvalue weighted by Gasteiger charge is -2.29. The summed E-state index contributed by atoms with van der Waals surface area (Å²) >= 11 is 0. The normalized spacial score (nSPS) is 20.9. The average molecular weight is 260 g/mol. The van der Waals surface area contributed by atoms with Gasteiger partial charge >= 0.3 is 0 Å². The Hall–Kier alpha value is -1.35. The van der Waals surface area contributed by atoms with Crippen LogP contribution in [0.4, 0.5) is 0 Å². The smallest absolute Gasteiger partial charge is 0.251 e. The number of hydrogen-bond donors (Lipinski definition) is 2. The minimum Gasteiger partial charge on any atom is -0.349 e. The number of amides is 1. The summed E-state index contributed by atoms with van der Waals surface area (Å²) in [5.41, 5.74) is 3.04. The highest BCUT2D eigenvalue weighted by molar-refractivity contribution is 5.94. The number of hydrogen-bond acceptors (Lipinski definition) is 2. The van der Waals surface area contributed by atoms with E-state index >= 15 is 0 Å². The number of aryl methyl sites for hydroxylation is 2. The number of piperidine rings is 1. The maximum atomic E-state index is 12.3. The van der Waals surface area contributed by atoms with Gasteiger partial charge in [-0.3, -0.25) is 4.79 Å². The Bertz CT molecular complexity index is 430. The summed E-state index contributed by atoms with van der Waals surface area (Å²) in [4.78, 5) is 12.3. The van der Waals surface area contributed by atoms with Crippen molar-refractivity contribution in [2.45, 2.75) is 39.7 Å². The summed E-state index contributed by atoms with van der Waals surface area (Å²) in [6, 6.07) is 6.22. The molecule has 3 nitrogen and oxygen atoms in total. The second-order valence-electron chi connectivity index (χ2n) is 5.74. The summed E-state index contributed by atoms with van der Waals surface area (Å²) < 4.78 is 0. The van der Waals surface area contributed by atoms with Crippen molar-refractivity contribution in [3.05, 3.63) is 34.9 Å². The molecule has 0 spiro atoms. The van der Waals surface area contributed by atoms with Gasteiger partial charge in [-0.25, -0.2) is 0 Å². The number of nitrogens with one attached hydrogen (secondary N) is 2. The van der Waals surface area contributed by atoms with Gasteiger partial charge in [0, 0.05) is 11.6 Å². The van der Waals surface area contributed by atoms with Crippen LogP contribution in [0.2, 0.25) is 0 Å². The molecule has 1 saturated heterocycles. The van der Waals surface area contributed by atoms with E-state index in [1.54, 1.807) is 0 Å². The van der Waals surface area contributed by atoms with Gasteiger partial charge in [0.2, 0.25) is 0 Å². The van der Waals surface area contributed by atoms with Crippen molar-refractivity contribution < 1.29 is 4.79 Å². The van der Waals surface area contributed by atoms with Gasteiger partial charge in [0.05, 0.1) is 0 Å². The van der Waals surface area contributed by atoms with E-state index in [9.17, 15) is 4.79 Å². The number of rotatable bonds is 3. The highest BCUT2D eigenvalue weighted by Gasteiger charge is 2.21. The highest BCUT2D eigenvalue weighted by Crippen LogP contribution is 2.15. The van der Waals surface area contributed by atoms with Crippen molar-refractivity contribution in [3.8, 4) is 0 Å². The van der Waals surface area contributed by atoms with Gasteiger partial charge in [-0.05, 0) is 64.8 Å². The molecule has 3 heteroatoms. The first kappa shape index (κ1) is 14.1. The molecule has 0 aromatic heterocycles. The molecule has 2 atom stereocenters. The monoisotopic (exact) mass is 260 g/mol. The van der Waals surface area contributed by atoms with Crippen LogP contribution in [0, 0.1) is 19.8 Å². The van der Waals surface area contributed by atoms with Crippen LogP contribution in [0.25, 0.3) is 0 Å². The van der Waals surface area contributed by atoms with Crippen LogP contribution in [-0.4, -0.2) is 25.0 Å². The van der Waals surface area contributed by atoms with Gasteiger partial charge < -0.3 is 10.6 Å². The molecule has 0 bridgehead atoms. The molecule has 2 rings (SSSR count). The van der Waals surface area contributed by atoms with Crippen molar-refractivity contribution in [2.24, 2.45) is 5.92 Å². The third-order valence-electron chi connectivity index (χ3n) is 3.88. The van der Waals surface area contributed by atoms with Crippen LogP contribution < -0.4 is 10.6 Å². The molecule has 19 heavy (non-hydrogen) atoms. The maximum absolute atomic E-state index is 12.3. The fourth-order valence-corrected chi connectivity index (χ4v) is 2.82. The van der Waals surface area contributed by atoms with Crippen LogP contribution in [0.1, 0.15) is 41.3 Å². The van der Waals surface area contributed by atoms with E-state index < -0.39 is 0 Å². The molecule has 1 amide bonds. The molecule has 2 unspecified atom stereocenters. The standard InChI is InChI=1S/C16H24N2O/c1-11-7-12(2)9-15(8-11)16(19)18-13(3)14-5-4-6-17-10-14/h7-9,13-14,17H,4-6,10H2,1-3H3,(H,18,19). The third-order valence-corrected chi connectivity index (χ3v) is 3.88. The summed E-state index contributed by atoms with van der Waals surface area (Å²) in [6.45, 7) is 8.28. The van der Waals surface area contributed by atoms with Crippen LogP contribution in [0.15, 0.2) is 18.2 Å². The lowest BCUT2D eigenvalue weighted by Crippen LogP contribution is -2.44. The zero-order valence-electron chi connectivity index (χ0n) is 12.1. The van der Waals surface area contributed by atoms with Crippen LogP contribution in [0.5, 0.6) is 0 Å². The molecule has 0 radical (unpaired) electrons. The summed E-state index contributed by atoms with van der Waals surface area (Å²) in [5.74, 6) is 0.591. The molecule has 2 N–H and O–H groups in total. The molecular formula is C16H24N2O.